The Hall–Kier alpha value is -1.52. The molecule has 2 aromatic carbocycles. The predicted molar refractivity (Wildman–Crippen MR) is 84.3 cm³/mol. The van der Waals surface area contributed by atoms with Gasteiger partial charge in [0.1, 0.15) is 16.0 Å². The molecule has 0 amide bonds. The lowest BCUT2D eigenvalue weighted by atomic mass is 9.99. The minimum Gasteiger partial charge on any atom is -0.495 e. The van der Waals surface area contributed by atoms with E-state index in [0.717, 1.165) is 28.0 Å². The topological polar surface area (TPSA) is 44.5 Å². The number of halogens is 1. The second-order valence-corrected chi connectivity index (χ2v) is 5.29. The molecule has 0 aromatic heterocycles. The molecule has 1 unspecified atom stereocenters. The molecule has 0 heterocycles. The smallest absolute Gasteiger partial charge is 0.141 e. The average molecular weight is 336 g/mol. The fourth-order valence-electron chi connectivity index (χ4n) is 2.19. The number of hydrogen-bond donors (Lipinski definition) is 1. The maximum atomic E-state index is 6.32. The Kier molecular flexibility index (Phi) is 5.04. The summed E-state index contributed by atoms with van der Waals surface area (Å²) in [7, 11) is 3.27. The standard InChI is InChI=1S/C16H18BrNO2/c1-19-14-9-8-12(16(20-2)15(14)17)13(18)10-11-6-4-3-5-7-11/h3-9,13H,10,18H2,1-2H3. The molecular weight excluding hydrogens is 318 g/mol. The third kappa shape index (κ3) is 3.14. The summed E-state index contributed by atoms with van der Waals surface area (Å²) in [5.74, 6) is 1.46. The SMILES string of the molecule is COc1ccc(C(N)Cc2ccccc2)c(OC)c1Br. The van der Waals surface area contributed by atoms with Crippen molar-refractivity contribution in [3.05, 3.63) is 58.1 Å². The van der Waals surface area contributed by atoms with Crippen LogP contribution in [-0.4, -0.2) is 14.2 Å². The molecule has 0 aliphatic rings. The summed E-state index contributed by atoms with van der Waals surface area (Å²) < 4.78 is 11.5. The Labute approximate surface area is 127 Å². The monoisotopic (exact) mass is 335 g/mol. The maximum absolute atomic E-state index is 6.32. The van der Waals surface area contributed by atoms with Crippen LogP contribution in [0, 0.1) is 0 Å². The van der Waals surface area contributed by atoms with E-state index < -0.39 is 0 Å². The molecule has 0 saturated heterocycles. The summed E-state index contributed by atoms with van der Waals surface area (Å²) in [5, 5.41) is 0. The molecule has 106 valence electrons. The molecule has 2 aromatic rings. The number of ether oxygens (including phenoxy) is 2. The highest BCUT2D eigenvalue weighted by Gasteiger charge is 2.18. The Morgan fingerprint density at radius 3 is 2.35 bits per heavy atom. The van der Waals surface area contributed by atoms with Crippen LogP contribution in [0.15, 0.2) is 46.9 Å². The second kappa shape index (κ2) is 6.77. The van der Waals surface area contributed by atoms with Gasteiger partial charge in [0, 0.05) is 11.6 Å². The van der Waals surface area contributed by atoms with E-state index in [0.29, 0.717) is 0 Å². The van der Waals surface area contributed by atoms with Gasteiger partial charge in [-0.2, -0.15) is 0 Å². The highest BCUT2D eigenvalue weighted by atomic mass is 79.9. The number of nitrogens with two attached hydrogens (primary N) is 1. The lowest BCUT2D eigenvalue weighted by Crippen LogP contribution is -2.14. The van der Waals surface area contributed by atoms with Gasteiger partial charge in [-0.25, -0.2) is 0 Å². The van der Waals surface area contributed by atoms with Gasteiger partial charge in [-0.15, -0.1) is 0 Å². The molecule has 20 heavy (non-hydrogen) atoms. The first-order valence-electron chi connectivity index (χ1n) is 6.37. The van der Waals surface area contributed by atoms with Crippen LogP contribution in [0.3, 0.4) is 0 Å². The van der Waals surface area contributed by atoms with Crippen molar-refractivity contribution in [3.63, 3.8) is 0 Å². The fraction of sp³-hybridized carbons (Fsp3) is 0.250. The Bertz CT molecular complexity index is 572. The summed E-state index contributed by atoms with van der Waals surface area (Å²) in [5.41, 5.74) is 8.49. The zero-order valence-electron chi connectivity index (χ0n) is 11.6. The van der Waals surface area contributed by atoms with Crippen LogP contribution >= 0.6 is 15.9 Å². The van der Waals surface area contributed by atoms with Crippen LogP contribution in [0.5, 0.6) is 11.5 Å². The van der Waals surface area contributed by atoms with Gasteiger partial charge in [-0.3, -0.25) is 0 Å². The van der Waals surface area contributed by atoms with E-state index in [-0.39, 0.29) is 6.04 Å². The first-order valence-corrected chi connectivity index (χ1v) is 7.16. The molecule has 3 nitrogen and oxygen atoms in total. The van der Waals surface area contributed by atoms with Crippen molar-refractivity contribution in [2.24, 2.45) is 5.73 Å². The Morgan fingerprint density at radius 1 is 1.05 bits per heavy atom. The quantitative estimate of drug-likeness (QED) is 0.905. The normalized spacial score (nSPS) is 12.0. The molecule has 0 fully saturated rings. The van der Waals surface area contributed by atoms with E-state index in [1.807, 2.05) is 30.3 Å². The van der Waals surface area contributed by atoms with Crippen LogP contribution in [0.1, 0.15) is 17.2 Å². The van der Waals surface area contributed by atoms with Gasteiger partial charge in [-0.1, -0.05) is 30.3 Å². The highest BCUT2D eigenvalue weighted by molar-refractivity contribution is 9.10. The van der Waals surface area contributed by atoms with Gasteiger partial charge in [0.25, 0.3) is 0 Å². The van der Waals surface area contributed by atoms with E-state index in [1.54, 1.807) is 14.2 Å². The maximum Gasteiger partial charge on any atom is 0.141 e. The van der Waals surface area contributed by atoms with E-state index >= 15 is 0 Å². The number of benzene rings is 2. The number of rotatable bonds is 5. The third-order valence-electron chi connectivity index (χ3n) is 3.21. The Balaban J connectivity index is 2.30. The first kappa shape index (κ1) is 14.9. The van der Waals surface area contributed by atoms with Crippen LogP contribution in [0.2, 0.25) is 0 Å². The fourth-order valence-corrected chi connectivity index (χ4v) is 2.87. The van der Waals surface area contributed by atoms with E-state index in [9.17, 15) is 0 Å². The van der Waals surface area contributed by atoms with Crippen LogP contribution in [0.25, 0.3) is 0 Å². The van der Waals surface area contributed by atoms with E-state index in [4.69, 9.17) is 15.2 Å². The minimum atomic E-state index is -0.130. The molecule has 0 bridgehead atoms. The van der Waals surface area contributed by atoms with Crippen LogP contribution in [-0.2, 0) is 6.42 Å². The predicted octanol–water partition coefficient (Wildman–Crippen LogP) is 3.71. The summed E-state index contributed by atoms with van der Waals surface area (Å²) in [6, 6.07) is 13.9. The van der Waals surface area contributed by atoms with Crippen molar-refractivity contribution in [2.45, 2.75) is 12.5 Å². The second-order valence-electron chi connectivity index (χ2n) is 4.50. The summed E-state index contributed by atoms with van der Waals surface area (Å²) in [6.07, 6.45) is 0.760. The van der Waals surface area contributed by atoms with E-state index in [1.165, 1.54) is 5.56 Å². The van der Waals surface area contributed by atoms with Gasteiger partial charge < -0.3 is 15.2 Å². The van der Waals surface area contributed by atoms with Gasteiger partial charge in [0.2, 0.25) is 0 Å². The van der Waals surface area contributed by atoms with Gasteiger partial charge in [0.15, 0.2) is 0 Å². The zero-order valence-corrected chi connectivity index (χ0v) is 13.2. The molecule has 2 N–H and O–H groups in total. The van der Waals surface area contributed by atoms with E-state index in [2.05, 4.69) is 28.1 Å². The average Bonchev–Trinajstić information content (AvgIpc) is 2.47. The molecule has 0 radical (unpaired) electrons. The summed E-state index contributed by atoms with van der Waals surface area (Å²) in [4.78, 5) is 0. The highest BCUT2D eigenvalue weighted by Crippen LogP contribution is 2.39. The summed E-state index contributed by atoms with van der Waals surface area (Å²) in [6.45, 7) is 0. The largest absolute Gasteiger partial charge is 0.495 e. The number of hydrogen-bond acceptors (Lipinski definition) is 3. The number of methoxy groups -OCH3 is 2. The van der Waals surface area contributed by atoms with Gasteiger partial charge in [0.05, 0.1) is 14.2 Å². The van der Waals surface area contributed by atoms with Crippen molar-refractivity contribution < 1.29 is 9.47 Å². The van der Waals surface area contributed by atoms with Crippen molar-refractivity contribution in [1.82, 2.24) is 0 Å². The molecule has 0 aliphatic carbocycles. The van der Waals surface area contributed by atoms with Crippen molar-refractivity contribution in [2.75, 3.05) is 14.2 Å². The molecule has 0 aliphatic heterocycles. The molecule has 0 saturated carbocycles. The minimum absolute atomic E-state index is 0.130. The van der Waals surface area contributed by atoms with Crippen molar-refractivity contribution in [3.8, 4) is 11.5 Å². The van der Waals surface area contributed by atoms with Crippen molar-refractivity contribution in [1.29, 1.82) is 0 Å². The molecule has 2 rings (SSSR count). The van der Waals surface area contributed by atoms with Crippen molar-refractivity contribution >= 4 is 15.9 Å². The molecular formula is C16H18BrNO2. The van der Waals surface area contributed by atoms with Gasteiger partial charge in [-0.05, 0) is 40.0 Å². The first-order chi connectivity index (χ1) is 9.67. The molecule has 1 atom stereocenters. The summed E-state index contributed by atoms with van der Waals surface area (Å²) >= 11 is 3.50. The van der Waals surface area contributed by atoms with Crippen LogP contribution < -0.4 is 15.2 Å². The molecule has 4 heteroatoms. The van der Waals surface area contributed by atoms with Crippen LogP contribution in [0.4, 0.5) is 0 Å². The lowest BCUT2D eigenvalue weighted by Gasteiger charge is -2.18. The zero-order chi connectivity index (χ0) is 14.5. The van der Waals surface area contributed by atoms with Gasteiger partial charge >= 0.3 is 0 Å². The Morgan fingerprint density at radius 2 is 1.75 bits per heavy atom. The third-order valence-corrected chi connectivity index (χ3v) is 3.96. The lowest BCUT2D eigenvalue weighted by molar-refractivity contribution is 0.383. The molecule has 0 spiro atoms.